The van der Waals surface area contributed by atoms with E-state index in [2.05, 4.69) is 4.74 Å². The van der Waals surface area contributed by atoms with Crippen molar-refractivity contribution in [1.82, 2.24) is 4.90 Å². The zero-order chi connectivity index (χ0) is 18.2. The normalized spacial score (nSPS) is 12.8. The van der Waals surface area contributed by atoms with Crippen LogP contribution in [-0.4, -0.2) is 47.2 Å². The van der Waals surface area contributed by atoms with Crippen molar-refractivity contribution in [3.8, 4) is 0 Å². The maximum Gasteiger partial charge on any atom is 0.411 e. The van der Waals surface area contributed by atoms with E-state index in [1.807, 2.05) is 18.2 Å². The van der Waals surface area contributed by atoms with Gasteiger partial charge in [-0.05, 0) is 18.9 Å². The molecule has 132 valence electrons. The van der Waals surface area contributed by atoms with Gasteiger partial charge in [0.15, 0.2) is 0 Å². The van der Waals surface area contributed by atoms with Gasteiger partial charge in [0.05, 0.1) is 19.1 Å². The molecule has 0 aliphatic carbocycles. The van der Waals surface area contributed by atoms with Gasteiger partial charge in [-0.3, -0.25) is 14.5 Å². The lowest BCUT2D eigenvalue weighted by Crippen LogP contribution is -2.53. The molecule has 0 bridgehead atoms. The average Bonchev–Trinajstić information content (AvgIpc) is 2.57. The summed E-state index contributed by atoms with van der Waals surface area (Å²) in [5, 5.41) is 9.12. The highest BCUT2D eigenvalue weighted by atomic mass is 16.6. The standard InChI is InChI=1S/C17H23NO6/c1-4-17(2,10-14(19)20)18(11-15(21)23-3)16(22)24-12-13-8-6-5-7-9-13/h5-9H,4,10-12H2,1-3H3,(H,19,20). The van der Waals surface area contributed by atoms with Crippen LogP contribution in [0.2, 0.25) is 0 Å². The monoisotopic (exact) mass is 337 g/mol. The maximum absolute atomic E-state index is 12.5. The van der Waals surface area contributed by atoms with E-state index in [1.54, 1.807) is 26.0 Å². The Balaban J connectivity index is 2.92. The second-order valence-corrected chi connectivity index (χ2v) is 5.62. The summed E-state index contributed by atoms with van der Waals surface area (Å²) in [6.07, 6.45) is -0.715. The fraction of sp³-hybridized carbons (Fsp3) is 0.471. The van der Waals surface area contributed by atoms with E-state index in [-0.39, 0.29) is 19.6 Å². The second-order valence-electron chi connectivity index (χ2n) is 5.62. The second kappa shape index (κ2) is 8.90. The predicted molar refractivity (Wildman–Crippen MR) is 86.3 cm³/mol. The van der Waals surface area contributed by atoms with Gasteiger partial charge in [0.1, 0.15) is 13.2 Å². The number of carboxylic acids is 1. The molecule has 1 amide bonds. The van der Waals surface area contributed by atoms with Crippen LogP contribution in [0.5, 0.6) is 0 Å². The zero-order valence-corrected chi connectivity index (χ0v) is 14.2. The topological polar surface area (TPSA) is 93.1 Å². The molecule has 7 heteroatoms. The summed E-state index contributed by atoms with van der Waals surface area (Å²) in [7, 11) is 1.20. The number of carboxylic acid groups (broad SMARTS) is 1. The van der Waals surface area contributed by atoms with Crippen LogP contribution < -0.4 is 0 Å². The van der Waals surface area contributed by atoms with E-state index in [0.717, 1.165) is 10.5 Å². The largest absolute Gasteiger partial charge is 0.481 e. The van der Waals surface area contributed by atoms with Gasteiger partial charge < -0.3 is 14.6 Å². The Hall–Kier alpha value is -2.57. The van der Waals surface area contributed by atoms with E-state index < -0.39 is 23.6 Å². The quantitative estimate of drug-likeness (QED) is 0.732. The molecule has 0 fully saturated rings. The van der Waals surface area contributed by atoms with Crippen LogP contribution in [0.3, 0.4) is 0 Å². The third kappa shape index (κ3) is 5.57. The number of nitrogens with zero attached hydrogens (tertiary/aromatic N) is 1. The number of benzene rings is 1. The highest BCUT2D eigenvalue weighted by Crippen LogP contribution is 2.25. The molecule has 1 rings (SSSR count). The van der Waals surface area contributed by atoms with E-state index in [4.69, 9.17) is 9.84 Å². The Morgan fingerprint density at radius 3 is 2.33 bits per heavy atom. The molecule has 0 saturated carbocycles. The van der Waals surface area contributed by atoms with Crippen molar-refractivity contribution in [3.63, 3.8) is 0 Å². The number of carbonyl (C=O) groups is 3. The first-order valence-corrected chi connectivity index (χ1v) is 7.59. The molecular weight excluding hydrogens is 314 g/mol. The molecule has 0 saturated heterocycles. The third-order valence-corrected chi connectivity index (χ3v) is 3.89. The lowest BCUT2D eigenvalue weighted by Gasteiger charge is -2.38. The molecule has 24 heavy (non-hydrogen) atoms. The van der Waals surface area contributed by atoms with Crippen molar-refractivity contribution in [1.29, 1.82) is 0 Å². The molecule has 0 spiro atoms. The minimum absolute atomic E-state index is 0.0320. The van der Waals surface area contributed by atoms with Crippen LogP contribution >= 0.6 is 0 Å². The maximum atomic E-state index is 12.5. The minimum atomic E-state index is -1.06. The molecule has 1 atom stereocenters. The van der Waals surface area contributed by atoms with E-state index in [9.17, 15) is 14.4 Å². The van der Waals surface area contributed by atoms with E-state index in [1.165, 1.54) is 7.11 Å². The van der Waals surface area contributed by atoms with Crippen LogP contribution in [0.1, 0.15) is 32.3 Å². The number of rotatable bonds is 8. The number of ether oxygens (including phenoxy) is 2. The summed E-state index contributed by atoms with van der Waals surface area (Å²) in [5.74, 6) is -1.71. The molecule has 7 nitrogen and oxygen atoms in total. The molecule has 0 aromatic heterocycles. The number of esters is 1. The van der Waals surface area contributed by atoms with Crippen molar-refractivity contribution in [2.75, 3.05) is 13.7 Å². The number of hydrogen-bond acceptors (Lipinski definition) is 5. The summed E-state index contributed by atoms with van der Waals surface area (Å²) in [6, 6.07) is 9.07. The molecule has 1 aromatic carbocycles. The van der Waals surface area contributed by atoms with E-state index in [0.29, 0.717) is 6.42 Å². The van der Waals surface area contributed by atoms with Gasteiger partial charge in [-0.2, -0.15) is 0 Å². The summed E-state index contributed by atoms with van der Waals surface area (Å²) in [5.41, 5.74) is -0.270. The Labute approximate surface area is 141 Å². The van der Waals surface area contributed by atoms with Gasteiger partial charge in [0.25, 0.3) is 0 Å². The van der Waals surface area contributed by atoms with Crippen molar-refractivity contribution in [3.05, 3.63) is 35.9 Å². The fourth-order valence-corrected chi connectivity index (χ4v) is 2.20. The first-order valence-electron chi connectivity index (χ1n) is 7.59. The highest BCUT2D eigenvalue weighted by Gasteiger charge is 2.38. The van der Waals surface area contributed by atoms with Crippen molar-refractivity contribution in [2.45, 2.75) is 38.8 Å². The van der Waals surface area contributed by atoms with Crippen LogP contribution in [-0.2, 0) is 25.7 Å². The third-order valence-electron chi connectivity index (χ3n) is 3.89. The van der Waals surface area contributed by atoms with E-state index >= 15 is 0 Å². The number of aliphatic carboxylic acids is 1. The summed E-state index contributed by atoms with van der Waals surface area (Å²) >= 11 is 0. The average molecular weight is 337 g/mol. The Bertz CT molecular complexity index is 574. The molecule has 0 aliphatic heterocycles. The first-order chi connectivity index (χ1) is 11.3. The summed E-state index contributed by atoms with van der Waals surface area (Å²) < 4.78 is 9.85. The Morgan fingerprint density at radius 1 is 1.21 bits per heavy atom. The zero-order valence-electron chi connectivity index (χ0n) is 14.2. The molecule has 1 aromatic rings. The van der Waals surface area contributed by atoms with Crippen molar-refractivity contribution >= 4 is 18.0 Å². The lowest BCUT2D eigenvalue weighted by atomic mass is 9.92. The highest BCUT2D eigenvalue weighted by molar-refractivity contribution is 5.79. The van der Waals surface area contributed by atoms with Gasteiger partial charge in [-0.15, -0.1) is 0 Å². The number of hydrogen-bond donors (Lipinski definition) is 1. The number of carbonyl (C=O) groups excluding carboxylic acids is 2. The predicted octanol–water partition coefficient (Wildman–Crippen LogP) is 2.44. The van der Waals surface area contributed by atoms with Gasteiger partial charge in [0, 0.05) is 0 Å². The summed E-state index contributed by atoms with van der Waals surface area (Å²) in [6.45, 7) is 3.01. The Morgan fingerprint density at radius 2 is 1.83 bits per heavy atom. The van der Waals surface area contributed by atoms with Crippen LogP contribution in [0.4, 0.5) is 4.79 Å². The van der Waals surface area contributed by atoms with Gasteiger partial charge in [0.2, 0.25) is 0 Å². The molecular formula is C17H23NO6. The molecule has 1 unspecified atom stereocenters. The number of methoxy groups -OCH3 is 1. The summed E-state index contributed by atoms with van der Waals surface area (Å²) in [4.78, 5) is 36.3. The SMILES string of the molecule is CCC(C)(CC(=O)O)N(CC(=O)OC)C(=O)OCc1ccccc1. The van der Waals surface area contributed by atoms with Crippen LogP contribution in [0.25, 0.3) is 0 Å². The van der Waals surface area contributed by atoms with Gasteiger partial charge in [-0.25, -0.2) is 4.79 Å². The molecule has 0 aliphatic rings. The Kier molecular flexibility index (Phi) is 7.23. The van der Waals surface area contributed by atoms with Crippen molar-refractivity contribution < 1.29 is 29.0 Å². The molecule has 1 N–H and O–H groups in total. The molecule has 0 heterocycles. The smallest absolute Gasteiger partial charge is 0.411 e. The fourth-order valence-electron chi connectivity index (χ4n) is 2.20. The first kappa shape index (κ1) is 19.5. The molecule has 0 radical (unpaired) electrons. The minimum Gasteiger partial charge on any atom is -0.481 e. The van der Waals surface area contributed by atoms with Crippen LogP contribution in [0.15, 0.2) is 30.3 Å². The lowest BCUT2D eigenvalue weighted by molar-refractivity contribution is -0.146. The van der Waals surface area contributed by atoms with Crippen molar-refractivity contribution in [2.24, 2.45) is 0 Å². The van der Waals surface area contributed by atoms with Gasteiger partial charge in [-0.1, -0.05) is 37.3 Å². The van der Waals surface area contributed by atoms with Gasteiger partial charge >= 0.3 is 18.0 Å². The number of amides is 1. The van der Waals surface area contributed by atoms with Crippen LogP contribution in [0, 0.1) is 0 Å².